The quantitative estimate of drug-likeness (QED) is 0.796. The number of hydrogen-bond acceptors (Lipinski definition) is 5. The highest BCUT2D eigenvalue weighted by molar-refractivity contribution is 5.82. The van der Waals surface area contributed by atoms with Crippen LogP contribution in [0, 0.1) is 40.9 Å². The van der Waals surface area contributed by atoms with Crippen molar-refractivity contribution in [3.63, 3.8) is 0 Å². The normalized spacial score (nSPS) is 45.4. The van der Waals surface area contributed by atoms with Crippen molar-refractivity contribution in [1.82, 2.24) is 14.8 Å². The minimum Gasteiger partial charge on any atom is -0.387 e. The molecule has 166 valence electrons. The average molecular weight is 416 g/mol. The van der Waals surface area contributed by atoms with Gasteiger partial charge in [0, 0.05) is 13.0 Å². The molecule has 5 rings (SSSR count). The Balaban J connectivity index is 1.29. The maximum atomic E-state index is 13.2. The highest BCUT2D eigenvalue weighted by Crippen LogP contribution is 2.64. The van der Waals surface area contributed by atoms with Crippen molar-refractivity contribution in [2.75, 3.05) is 13.7 Å². The second-order valence-corrected chi connectivity index (χ2v) is 11.1. The van der Waals surface area contributed by atoms with E-state index in [0.29, 0.717) is 30.8 Å². The van der Waals surface area contributed by atoms with Gasteiger partial charge in [-0.25, -0.2) is 9.67 Å². The van der Waals surface area contributed by atoms with Crippen molar-refractivity contribution in [3.05, 3.63) is 12.7 Å². The first-order chi connectivity index (χ1) is 14.4. The molecule has 1 aromatic rings. The highest BCUT2D eigenvalue weighted by atomic mass is 16.5. The Hall–Kier alpha value is -1.27. The lowest BCUT2D eigenvalue weighted by Gasteiger charge is -2.57. The molecule has 0 unspecified atom stereocenters. The number of ether oxygens (including phenoxy) is 1. The second-order valence-electron chi connectivity index (χ2n) is 11.1. The van der Waals surface area contributed by atoms with Gasteiger partial charge in [0.2, 0.25) is 0 Å². The molecule has 0 aromatic carbocycles. The first-order valence-corrected chi connectivity index (χ1v) is 12.0. The fraction of sp³-hybridized carbons (Fsp3) is 0.875. The Kier molecular flexibility index (Phi) is 5.29. The van der Waals surface area contributed by atoms with E-state index in [-0.39, 0.29) is 11.3 Å². The smallest absolute Gasteiger partial charge is 0.157 e. The number of carbonyl (C=O) groups excluding carboxylic acids is 1. The third-order valence-electron chi connectivity index (χ3n) is 9.69. The summed E-state index contributed by atoms with van der Waals surface area (Å²) in [5, 5.41) is 15.1. The van der Waals surface area contributed by atoms with Crippen LogP contribution in [-0.2, 0) is 16.1 Å². The van der Waals surface area contributed by atoms with Gasteiger partial charge in [-0.1, -0.05) is 6.92 Å². The third kappa shape index (κ3) is 3.35. The number of aliphatic hydroxyl groups is 1. The van der Waals surface area contributed by atoms with Crippen LogP contribution in [0.25, 0.3) is 0 Å². The lowest BCUT2D eigenvalue weighted by Crippen LogP contribution is -2.52. The molecule has 0 amide bonds. The van der Waals surface area contributed by atoms with Crippen molar-refractivity contribution < 1.29 is 14.6 Å². The van der Waals surface area contributed by atoms with Crippen LogP contribution in [0.4, 0.5) is 0 Å². The molecular weight excluding hydrogens is 378 g/mol. The predicted octanol–water partition coefficient (Wildman–Crippen LogP) is 3.49. The summed E-state index contributed by atoms with van der Waals surface area (Å²) in [5.74, 6) is 4.16. The number of rotatable bonds is 5. The summed E-state index contributed by atoms with van der Waals surface area (Å²) in [4.78, 5) is 17.2. The SMILES string of the molecule is COC[C@@]1(O)CC[C@H]2[C@H](CC[C@@H]3[C@@H]2CC[C@]2(C)[C@@H](C(=O)Cn4cncn4)CC[C@@H]32)C1. The minimum absolute atomic E-state index is 0.150. The van der Waals surface area contributed by atoms with Crippen LogP contribution >= 0.6 is 0 Å². The zero-order valence-electron chi connectivity index (χ0n) is 18.5. The molecule has 4 aliphatic rings. The van der Waals surface area contributed by atoms with Crippen molar-refractivity contribution in [1.29, 1.82) is 0 Å². The van der Waals surface area contributed by atoms with E-state index in [0.717, 1.165) is 43.4 Å². The summed E-state index contributed by atoms with van der Waals surface area (Å²) in [7, 11) is 1.70. The van der Waals surface area contributed by atoms with Crippen LogP contribution in [0.5, 0.6) is 0 Å². The topological polar surface area (TPSA) is 77.2 Å². The Morgan fingerprint density at radius 1 is 1.13 bits per heavy atom. The molecule has 30 heavy (non-hydrogen) atoms. The van der Waals surface area contributed by atoms with Gasteiger partial charge in [0.15, 0.2) is 5.78 Å². The number of Topliss-reactive ketones (excluding diaryl/α,β-unsaturated/α-hetero) is 1. The monoisotopic (exact) mass is 415 g/mol. The number of hydrogen-bond donors (Lipinski definition) is 1. The van der Waals surface area contributed by atoms with E-state index >= 15 is 0 Å². The van der Waals surface area contributed by atoms with Crippen LogP contribution < -0.4 is 0 Å². The number of methoxy groups -OCH3 is 1. The number of fused-ring (bicyclic) bond motifs is 5. The average Bonchev–Trinajstić information content (AvgIpc) is 3.34. The Morgan fingerprint density at radius 2 is 1.97 bits per heavy atom. The zero-order valence-corrected chi connectivity index (χ0v) is 18.5. The zero-order chi connectivity index (χ0) is 20.9. The van der Waals surface area contributed by atoms with Crippen LogP contribution in [0.3, 0.4) is 0 Å². The largest absolute Gasteiger partial charge is 0.387 e. The van der Waals surface area contributed by atoms with E-state index in [4.69, 9.17) is 4.74 Å². The summed E-state index contributed by atoms with van der Waals surface area (Å²) in [6.07, 6.45) is 13.3. The number of nitrogens with zero attached hydrogens (tertiary/aromatic N) is 3. The first kappa shape index (κ1) is 20.6. The van der Waals surface area contributed by atoms with Crippen molar-refractivity contribution in [2.45, 2.75) is 76.9 Å². The molecular formula is C24H37N3O3. The molecule has 6 heteroatoms. The van der Waals surface area contributed by atoms with Crippen LogP contribution in [0.2, 0.25) is 0 Å². The Labute approximate surface area is 179 Å². The van der Waals surface area contributed by atoms with E-state index in [9.17, 15) is 9.90 Å². The van der Waals surface area contributed by atoms with Crippen LogP contribution in [0.15, 0.2) is 12.7 Å². The molecule has 4 saturated carbocycles. The molecule has 4 fully saturated rings. The Morgan fingerprint density at radius 3 is 2.73 bits per heavy atom. The lowest BCUT2D eigenvalue weighted by molar-refractivity contribution is -0.136. The van der Waals surface area contributed by atoms with E-state index in [1.165, 1.54) is 38.4 Å². The summed E-state index contributed by atoms with van der Waals surface area (Å²) in [5.41, 5.74) is -0.463. The van der Waals surface area contributed by atoms with Gasteiger partial charge in [-0.05, 0) is 92.8 Å². The van der Waals surface area contributed by atoms with Crippen molar-refractivity contribution in [3.8, 4) is 0 Å². The first-order valence-electron chi connectivity index (χ1n) is 12.0. The minimum atomic E-state index is -0.613. The second kappa shape index (κ2) is 7.70. The fourth-order valence-corrected chi connectivity index (χ4v) is 8.48. The van der Waals surface area contributed by atoms with Gasteiger partial charge in [-0.15, -0.1) is 0 Å². The number of ketones is 1. The fourth-order valence-electron chi connectivity index (χ4n) is 8.48. The van der Waals surface area contributed by atoms with Crippen LogP contribution in [-0.4, -0.2) is 45.0 Å². The molecule has 6 nitrogen and oxygen atoms in total. The Bertz CT molecular complexity index is 768. The molecule has 0 radical (unpaired) electrons. The molecule has 0 spiro atoms. The third-order valence-corrected chi connectivity index (χ3v) is 9.69. The van der Waals surface area contributed by atoms with E-state index in [2.05, 4.69) is 17.0 Å². The van der Waals surface area contributed by atoms with Gasteiger partial charge >= 0.3 is 0 Å². The van der Waals surface area contributed by atoms with Gasteiger partial charge in [0.1, 0.15) is 19.2 Å². The molecule has 8 atom stereocenters. The van der Waals surface area contributed by atoms with Gasteiger partial charge in [-0.2, -0.15) is 5.10 Å². The summed E-state index contributed by atoms with van der Waals surface area (Å²) in [6, 6.07) is 0. The number of aromatic nitrogens is 3. The summed E-state index contributed by atoms with van der Waals surface area (Å²) in [6.45, 7) is 3.25. The van der Waals surface area contributed by atoms with Crippen LogP contribution in [0.1, 0.15) is 64.7 Å². The highest BCUT2D eigenvalue weighted by Gasteiger charge is 2.58. The standard InChI is InChI=1S/C24H37N3O3/c1-23-9-7-18-17-8-10-24(29,13-30-2)11-16(17)3-4-19(18)20(23)5-6-21(23)22(28)12-27-15-25-14-26-27/h14-21,29H,3-13H2,1-2H3/t16-,17+,18-,19-,20+,21-,23+,24-/m1/s1. The van der Waals surface area contributed by atoms with E-state index in [1.807, 2.05) is 0 Å². The van der Waals surface area contributed by atoms with E-state index in [1.54, 1.807) is 18.1 Å². The van der Waals surface area contributed by atoms with Crippen molar-refractivity contribution in [2.24, 2.45) is 40.9 Å². The molecule has 1 aromatic heterocycles. The molecule has 1 heterocycles. The summed E-state index contributed by atoms with van der Waals surface area (Å²) >= 11 is 0. The number of carbonyl (C=O) groups is 1. The molecule has 1 N–H and O–H groups in total. The molecule has 4 aliphatic carbocycles. The lowest BCUT2D eigenvalue weighted by atomic mass is 9.49. The van der Waals surface area contributed by atoms with Gasteiger partial charge < -0.3 is 9.84 Å². The van der Waals surface area contributed by atoms with Gasteiger partial charge in [0.05, 0.1) is 12.2 Å². The molecule has 0 bridgehead atoms. The molecule has 0 saturated heterocycles. The van der Waals surface area contributed by atoms with E-state index < -0.39 is 5.60 Å². The molecule has 0 aliphatic heterocycles. The summed E-state index contributed by atoms with van der Waals surface area (Å²) < 4.78 is 7.00. The van der Waals surface area contributed by atoms with Gasteiger partial charge in [0.25, 0.3) is 0 Å². The maximum Gasteiger partial charge on any atom is 0.157 e. The van der Waals surface area contributed by atoms with Gasteiger partial charge in [-0.3, -0.25) is 4.79 Å². The maximum absolute atomic E-state index is 13.2. The predicted molar refractivity (Wildman–Crippen MR) is 112 cm³/mol. The van der Waals surface area contributed by atoms with Crippen molar-refractivity contribution >= 4 is 5.78 Å².